The molecule has 0 unspecified atom stereocenters. The zero-order chi connectivity index (χ0) is 13.9. The number of aliphatic hydroxyl groups is 1. The highest BCUT2D eigenvalue weighted by Gasteiger charge is 2.19. The van der Waals surface area contributed by atoms with Crippen LogP contribution in [0.2, 0.25) is 0 Å². The van der Waals surface area contributed by atoms with Gasteiger partial charge in [0.05, 0.1) is 22.5 Å². The van der Waals surface area contributed by atoms with Crippen LogP contribution in [0.25, 0.3) is 0 Å². The van der Waals surface area contributed by atoms with Gasteiger partial charge in [-0.3, -0.25) is 0 Å². The summed E-state index contributed by atoms with van der Waals surface area (Å²) >= 11 is 0. The van der Waals surface area contributed by atoms with Crippen molar-refractivity contribution in [3.05, 3.63) is 23.8 Å². The molecule has 0 aliphatic carbocycles. The van der Waals surface area contributed by atoms with Crippen molar-refractivity contribution in [2.24, 2.45) is 0 Å². The Kier molecular flexibility index (Phi) is 4.19. The molecule has 0 saturated carbocycles. The van der Waals surface area contributed by atoms with Crippen molar-refractivity contribution in [3.63, 3.8) is 0 Å². The third-order valence-electron chi connectivity index (χ3n) is 2.57. The number of likely N-dealkylation sites (N-methyl/N-ethyl adjacent to an activating group) is 1. The molecule has 0 aliphatic heterocycles. The van der Waals surface area contributed by atoms with E-state index in [2.05, 4.69) is 0 Å². The largest absolute Gasteiger partial charge is 0.478 e. The Morgan fingerprint density at radius 1 is 1.44 bits per heavy atom. The molecule has 0 atom stereocenters. The molecular weight excluding hydrogens is 232 g/mol. The number of carbonyl (C=O) groups is 1. The van der Waals surface area contributed by atoms with Gasteiger partial charge in [-0.15, -0.1) is 0 Å². The zero-order valence-corrected chi connectivity index (χ0v) is 11.0. The number of carboxylic acid groups (broad SMARTS) is 1. The van der Waals surface area contributed by atoms with Gasteiger partial charge in [-0.2, -0.15) is 0 Å². The summed E-state index contributed by atoms with van der Waals surface area (Å²) < 4.78 is 0. The lowest BCUT2D eigenvalue weighted by Gasteiger charge is -2.30. The molecule has 0 saturated heterocycles. The van der Waals surface area contributed by atoms with Gasteiger partial charge in [0.1, 0.15) is 0 Å². The van der Waals surface area contributed by atoms with E-state index in [4.69, 9.17) is 10.8 Å². The number of rotatable bonds is 5. The van der Waals surface area contributed by atoms with E-state index in [-0.39, 0.29) is 5.56 Å². The molecule has 0 radical (unpaired) electrons. The number of benzene rings is 1. The standard InChI is InChI=1S/C13H20N2O3/c1-4-15(8-13(2,3)18)11-6-5-9(12(16)17)7-10(11)14/h5-7,18H,4,8,14H2,1-3H3,(H,16,17). The molecule has 1 rings (SSSR count). The molecule has 1 aromatic carbocycles. The Balaban J connectivity index is 3.04. The molecule has 100 valence electrons. The van der Waals surface area contributed by atoms with Crippen molar-refractivity contribution in [1.29, 1.82) is 0 Å². The molecule has 0 aromatic heterocycles. The summed E-state index contributed by atoms with van der Waals surface area (Å²) in [6.45, 7) is 6.51. The van der Waals surface area contributed by atoms with E-state index in [1.807, 2.05) is 11.8 Å². The average molecular weight is 252 g/mol. The molecular formula is C13H20N2O3. The molecule has 0 bridgehead atoms. The van der Waals surface area contributed by atoms with Crippen molar-refractivity contribution in [2.75, 3.05) is 23.7 Å². The average Bonchev–Trinajstić information content (AvgIpc) is 2.24. The van der Waals surface area contributed by atoms with Crippen LogP contribution in [0.3, 0.4) is 0 Å². The van der Waals surface area contributed by atoms with E-state index in [9.17, 15) is 9.90 Å². The molecule has 5 nitrogen and oxygen atoms in total. The summed E-state index contributed by atoms with van der Waals surface area (Å²) in [5.74, 6) is -1.00. The fourth-order valence-electron chi connectivity index (χ4n) is 1.81. The Labute approximate surface area is 107 Å². The first-order chi connectivity index (χ1) is 8.24. The molecule has 18 heavy (non-hydrogen) atoms. The molecule has 0 amide bonds. The van der Waals surface area contributed by atoms with E-state index in [1.165, 1.54) is 12.1 Å². The molecule has 1 aromatic rings. The van der Waals surface area contributed by atoms with Gasteiger partial charge in [0, 0.05) is 13.1 Å². The maximum absolute atomic E-state index is 10.8. The smallest absolute Gasteiger partial charge is 0.335 e. The topological polar surface area (TPSA) is 86.8 Å². The Morgan fingerprint density at radius 3 is 2.44 bits per heavy atom. The summed E-state index contributed by atoms with van der Waals surface area (Å²) in [7, 11) is 0. The molecule has 4 N–H and O–H groups in total. The van der Waals surface area contributed by atoms with E-state index >= 15 is 0 Å². The van der Waals surface area contributed by atoms with Crippen LogP contribution in [0.1, 0.15) is 31.1 Å². The van der Waals surface area contributed by atoms with Gasteiger partial charge < -0.3 is 20.8 Å². The van der Waals surface area contributed by atoms with Gasteiger partial charge in [-0.25, -0.2) is 4.79 Å². The number of hydrogen-bond donors (Lipinski definition) is 3. The van der Waals surface area contributed by atoms with Crippen LogP contribution in [0.5, 0.6) is 0 Å². The highest BCUT2D eigenvalue weighted by Crippen LogP contribution is 2.25. The van der Waals surface area contributed by atoms with Crippen LogP contribution in [0.15, 0.2) is 18.2 Å². The van der Waals surface area contributed by atoms with Crippen LogP contribution >= 0.6 is 0 Å². The minimum Gasteiger partial charge on any atom is -0.478 e. The van der Waals surface area contributed by atoms with Gasteiger partial charge in [-0.1, -0.05) is 0 Å². The van der Waals surface area contributed by atoms with Crippen LogP contribution in [0.4, 0.5) is 11.4 Å². The summed E-state index contributed by atoms with van der Waals surface area (Å²) in [6.07, 6.45) is 0. The lowest BCUT2D eigenvalue weighted by atomic mass is 10.1. The molecule has 0 spiro atoms. The van der Waals surface area contributed by atoms with Crippen molar-refractivity contribution < 1.29 is 15.0 Å². The molecule has 5 heteroatoms. The number of aromatic carboxylic acids is 1. The molecule has 0 aliphatic rings. The maximum Gasteiger partial charge on any atom is 0.335 e. The van der Waals surface area contributed by atoms with Crippen LogP contribution < -0.4 is 10.6 Å². The third-order valence-corrected chi connectivity index (χ3v) is 2.57. The van der Waals surface area contributed by atoms with Gasteiger partial charge in [0.2, 0.25) is 0 Å². The first-order valence-electron chi connectivity index (χ1n) is 5.84. The second-order valence-electron chi connectivity index (χ2n) is 4.91. The predicted octanol–water partition coefficient (Wildman–Crippen LogP) is 1.56. The van der Waals surface area contributed by atoms with Crippen molar-refractivity contribution in [3.8, 4) is 0 Å². The summed E-state index contributed by atoms with van der Waals surface area (Å²) in [4.78, 5) is 12.7. The lowest BCUT2D eigenvalue weighted by molar-refractivity contribution is 0.0696. The minimum atomic E-state index is -1.00. The molecule has 0 fully saturated rings. The highest BCUT2D eigenvalue weighted by atomic mass is 16.4. The van der Waals surface area contributed by atoms with Crippen molar-refractivity contribution >= 4 is 17.3 Å². The number of nitrogen functional groups attached to an aromatic ring is 1. The maximum atomic E-state index is 10.8. The second-order valence-corrected chi connectivity index (χ2v) is 4.91. The van der Waals surface area contributed by atoms with Crippen LogP contribution in [-0.4, -0.2) is 34.9 Å². The second kappa shape index (κ2) is 5.27. The number of hydrogen-bond acceptors (Lipinski definition) is 4. The quantitative estimate of drug-likeness (QED) is 0.692. The van der Waals surface area contributed by atoms with E-state index < -0.39 is 11.6 Å². The first-order valence-corrected chi connectivity index (χ1v) is 5.84. The monoisotopic (exact) mass is 252 g/mol. The SMILES string of the molecule is CCN(CC(C)(C)O)c1ccc(C(=O)O)cc1N. The zero-order valence-electron chi connectivity index (χ0n) is 11.0. The fourth-order valence-corrected chi connectivity index (χ4v) is 1.81. The molecule has 0 heterocycles. The summed E-state index contributed by atoms with van der Waals surface area (Å²) in [5, 5.41) is 18.7. The van der Waals surface area contributed by atoms with E-state index in [0.29, 0.717) is 18.8 Å². The first kappa shape index (κ1) is 14.3. The number of carboxylic acids is 1. The van der Waals surface area contributed by atoms with E-state index in [1.54, 1.807) is 19.9 Å². The van der Waals surface area contributed by atoms with E-state index in [0.717, 1.165) is 5.69 Å². The number of anilines is 2. The van der Waals surface area contributed by atoms with Crippen molar-refractivity contribution in [2.45, 2.75) is 26.4 Å². The fraction of sp³-hybridized carbons (Fsp3) is 0.462. The van der Waals surface area contributed by atoms with Crippen molar-refractivity contribution in [1.82, 2.24) is 0 Å². The summed E-state index contributed by atoms with van der Waals surface area (Å²) in [5.41, 5.74) is 6.34. The Hall–Kier alpha value is -1.75. The Morgan fingerprint density at radius 2 is 2.06 bits per heavy atom. The number of nitrogens with zero attached hydrogens (tertiary/aromatic N) is 1. The number of nitrogens with two attached hydrogens (primary N) is 1. The normalized spacial score (nSPS) is 11.3. The predicted molar refractivity (Wildman–Crippen MR) is 72.0 cm³/mol. The van der Waals surface area contributed by atoms with Gasteiger partial charge in [-0.05, 0) is 39.0 Å². The summed E-state index contributed by atoms with van der Waals surface area (Å²) in [6, 6.07) is 4.62. The minimum absolute atomic E-state index is 0.163. The van der Waals surface area contributed by atoms with Gasteiger partial charge >= 0.3 is 5.97 Å². The van der Waals surface area contributed by atoms with Gasteiger partial charge in [0.15, 0.2) is 0 Å². The Bertz CT molecular complexity index is 438. The highest BCUT2D eigenvalue weighted by molar-refractivity contribution is 5.90. The third kappa shape index (κ3) is 3.63. The lowest BCUT2D eigenvalue weighted by Crippen LogP contribution is -2.39. The van der Waals surface area contributed by atoms with Gasteiger partial charge in [0.25, 0.3) is 0 Å². The van der Waals surface area contributed by atoms with Crippen LogP contribution in [-0.2, 0) is 0 Å². The van der Waals surface area contributed by atoms with Crippen LogP contribution in [0, 0.1) is 0 Å².